The van der Waals surface area contributed by atoms with Gasteiger partial charge in [-0.05, 0) is 44.0 Å². The van der Waals surface area contributed by atoms with Crippen molar-refractivity contribution in [2.45, 2.75) is 33.7 Å². The second kappa shape index (κ2) is 10.4. The van der Waals surface area contributed by atoms with Gasteiger partial charge in [0.15, 0.2) is 23.1 Å². The van der Waals surface area contributed by atoms with Crippen molar-refractivity contribution in [3.8, 4) is 17.2 Å². The number of pyridine rings is 1. The first-order valence-electron chi connectivity index (χ1n) is 10.9. The Morgan fingerprint density at radius 1 is 1.36 bits per heavy atom. The molecule has 8 heteroatoms. The lowest BCUT2D eigenvalue weighted by atomic mass is 9.94. The lowest BCUT2D eigenvalue weighted by Gasteiger charge is -2.19. The minimum atomic E-state index is -0.658. The molecule has 176 valence electrons. The predicted molar refractivity (Wildman–Crippen MR) is 126 cm³/mol. The molecule has 1 N–H and O–H groups in total. The number of rotatable bonds is 8. The minimum absolute atomic E-state index is 0.145. The number of fused-ring (bicyclic) bond motifs is 1. The van der Waals surface area contributed by atoms with Crippen LogP contribution in [-0.4, -0.2) is 49.1 Å². The van der Waals surface area contributed by atoms with Crippen molar-refractivity contribution in [2.75, 3.05) is 32.7 Å². The fourth-order valence-electron chi connectivity index (χ4n) is 3.20. The Morgan fingerprint density at radius 3 is 2.88 bits per heavy atom. The Balaban J connectivity index is 1.71. The molecule has 1 aliphatic heterocycles. The van der Waals surface area contributed by atoms with Gasteiger partial charge in [0.05, 0.1) is 19.1 Å². The number of hydrogen-bond acceptors (Lipinski definition) is 6. The zero-order valence-electron chi connectivity index (χ0n) is 19.8. The van der Waals surface area contributed by atoms with Crippen molar-refractivity contribution in [3.63, 3.8) is 0 Å². The molecule has 33 heavy (non-hydrogen) atoms. The lowest BCUT2D eigenvalue weighted by Crippen LogP contribution is -2.33. The Morgan fingerprint density at radius 2 is 2.15 bits per heavy atom. The molecule has 0 saturated heterocycles. The third kappa shape index (κ3) is 5.83. The highest BCUT2D eigenvalue weighted by Crippen LogP contribution is 2.33. The van der Waals surface area contributed by atoms with Gasteiger partial charge >= 0.3 is 0 Å². The highest BCUT2D eigenvalue weighted by molar-refractivity contribution is 5.96. The molecular formula is C25H31N3O5. The Kier molecular flexibility index (Phi) is 7.58. The largest absolute Gasteiger partial charge is 0.493 e. The van der Waals surface area contributed by atoms with Crippen LogP contribution in [0.4, 0.5) is 5.82 Å². The molecule has 2 amide bonds. The summed E-state index contributed by atoms with van der Waals surface area (Å²) in [6.45, 7) is 6.83. The highest BCUT2D eigenvalue weighted by Gasteiger charge is 2.32. The van der Waals surface area contributed by atoms with Crippen LogP contribution in [0.5, 0.6) is 17.2 Å². The second-order valence-corrected chi connectivity index (χ2v) is 8.57. The van der Waals surface area contributed by atoms with E-state index in [0.717, 1.165) is 12.0 Å². The number of nitrogens with one attached hydrogen (secondary N) is 1. The maximum Gasteiger partial charge on any atom is 0.246 e. The van der Waals surface area contributed by atoms with Gasteiger partial charge in [0.2, 0.25) is 11.8 Å². The Hall–Kier alpha value is -3.55. The number of benzene rings is 1. The number of amides is 2. The van der Waals surface area contributed by atoms with Crippen LogP contribution >= 0.6 is 0 Å². The topological polar surface area (TPSA) is 90.0 Å². The van der Waals surface area contributed by atoms with E-state index in [0.29, 0.717) is 41.8 Å². The number of methoxy groups -OCH3 is 1. The van der Waals surface area contributed by atoms with Gasteiger partial charge in [-0.25, -0.2) is 4.98 Å². The molecule has 2 aromatic rings. The zero-order valence-corrected chi connectivity index (χ0v) is 19.8. The number of nitrogens with zero attached hydrogens (tertiary/aromatic N) is 2. The molecule has 0 radical (unpaired) electrons. The van der Waals surface area contributed by atoms with Gasteiger partial charge in [0.1, 0.15) is 6.61 Å². The second-order valence-electron chi connectivity index (χ2n) is 8.57. The number of para-hydroxylation sites is 1. The normalized spacial score (nSPS) is 14.6. The Labute approximate surface area is 194 Å². The first-order chi connectivity index (χ1) is 15.7. The van der Waals surface area contributed by atoms with E-state index in [1.165, 1.54) is 6.08 Å². The molecule has 0 fully saturated rings. The molecule has 0 unspecified atom stereocenters. The van der Waals surface area contributed by atoms with Crippen LogP contribution in [0.15, 0.2) is 36.5 Å². The maximum atomic E-state index is 12.7. The van der Waals surface area contributed by atoms with Gasteiger partial charge in [-0.15, -0.1) is 0 Å². The number of hydrogen-bond donors (Lipinski definition) is 1. The highest BCUT2D eigenvalue weighted by atomic mass is 16.5. The van der Waals surface area contributed by atoms with Crippen molar-refractivity contribution >= 4 is 23.7 Å². The van der Waals surface area contributed by atoms with Gasteiger partial charge in [-0.3, -0.25) is 9.59 Å². The molecule has 0 atom stereocenters. The third-order valence-corrected chi connectivity index (χ3v) is 5.24. The standard InChI is InChI=1S/C25H31N3O5/c1-6-12-32-22-18(8-7-9-19(22)31-5)15-28(4)21(29)11-10-17-13-20-23(26-14-17)27-24(30)25(2,3)16-33-20/h7-11,13-14H,6,12,15-16H2,1-5H3,(H,26,27,30)/b11-10+. The molecule has 0 saturated carbocycles. The molecule has 0 spiro atoms. The smallest absolute Gasteiger partial charge is 0.246 e. The molecule has 0 bridgehead atoms. The van der Waals surface area contributed by atoms with E-state index in [1.54, 1.807) is 37.4 Å². The zero-order chi connectivity index (χ0) is 24.0. The van der Waals surface area contributed by atoms with E-state index in [1.807, 2.05) is 39.0 Å². The summed E-state index contributed by atoms with van der Waals surface area (Å²) in [6.07, 6.45) is 5.61. The summed E-state index contributed by atoms with van der Waals surface area (Å²) in [5.41, 5.74) is 0.901. The SMILES string of the molecule is CCCOc1c(CN(C)C(=O)/C=C/c2cnc3c(c2)OCC(C)(C)C(=O)N3)cccc1OC. The van der Waals surface area contributed by atoms with Crippen molar-refractivity contribution in [1.82, 2.24) is 9.88 Å². The van der Waals surface area contributed by atoms with Crippen LogP contribution in [-0.2, 0) is 16.1 Å². The van der Waals surface area contributed by atoms with E-state index in [2.05, 4.69) is 10.3 Å². The number of carbonyl (C=O) groups excluding carboxylic acids is 2. The van der Waals surface area contributed by atoms with Gasteiger partial charge in [-0.1, -0.05) is 19.1 Å². The summed E-state index contributed by atoms with van der Waals surface area (Å²) in [4.78, 5) is 30.8. The summed E-state index contributed by atoms with van der Waals surface area (Å²) in [5.74, 6) is 1.83. The quantitative estimate of drug-likeness (QED) is 0.610. The third-order valence-electron chi connectivity index (χ3n) is 5.24. The molecule has 8 nitrogen and oxygen atoms in total. The van der Waals surface area contributed by atoms with Gasteiger partial charge < -0.3 is 24.4 Å². The Bertz CT molecular complexity index is 1050. The molecule has 3 rings (SSSR count). The number of carbonyl (C=O) groups is 2. The monoisotopic (exact) mass is 453 g/mol. The fraction of sp³-hybridized carbons (Fsp3) is 0.400. The summed E-state index contributed by atoms with van der Waals surface area (Å²) in [7, 11) is 3.33. The van der Waals surface area contributed by atoms with Crippen molar-refractivity contribution in [2.24, 2.45) is 5.41 Å². The molecule has 1 aliphatic rings. The first-order valence-corrected chi connectivity index (χ1v) is 10.9. The molecule has 1 aromatic carbocycles. The first kappa shape index (κ1) is 24.1. The van der Waals surface area contributed by atoms with Gasteiger partial charge in [-0.2, -0.15) is 0 Å². The van der Waals surface area contributed by atoms with Gasteiger partial charge in [0, 0.05) is 31.4 Å². The van der Waals surface area contributed by atoms with E-state index in [9.17, 15) is 9.59 Å². The maximum absolute atomic E-state index is 12.7. The summed E-state index contributed by atoms with van der Waals surface area (Å²) < 4.78 is 17.1. The van der Waals surface area contributed by atoms with Crippen LogP contribution in [0.25, 0.3) is 6.08 Å². The van der Waals surface area contributed by atoms with Crippen LogP contribution in [0.1, 0.15) is 38.3 Å². The fourth-order valence-corrected chi connectivity index (χ4v) is 3.20. The molecule has 1 aromatic heterocycles. The summed E-state index contributed by atoms with van der Waals surface area (Å²) in [6, 6.07) is 7.40. The average molecular weight is 454 g/mol. The van der Waals surface area contributed by atoms with E-state index in [-0.39, 0.29) is 18.4 Å². The van der Waals surface area contributed by atoms with E-state index < -0.39 is 5.41 Å². The molecular weight excluding hydrogens is 422 g/mol. The number of aromatic nitrogens is 1. The van der Waals surface area contributed by atoms with Crippen LogP contribution in [0.3, 0.4) is 0 Å². The molecule has 0 aliphatic carbocycles. The van der Waals surface area contributed by atoms with Crippen molar-refractivity contribution < 1.29 is 23.8 Å². The number of ether oxygens (including phenoxy) is 3. The lowest BCUT2D eigenvalue weighted by molar-refractivity contribution is -0.125. The van der Waals surface area contributed by atoms with Crippen molar-refractivity contribution in [3.05, 3.63) is 47.7 Å². The number of likely N-dealkylation sites (N-methyl/N-ethyl adjacent to an activating group) is 1. The van der Waals surface area contributed by atoms with Crippen LogP contribution < -0.4 is 19.5 Å². The number of anilines is 1. The predicted octanol–water partition coefficient (Wildman–Crippen LogP) is 3.91. The minimum Gasteiger partial charge on any atom is -0.493 e. The molecule has 2 heterocycles. The summed E-state index contributed by atoms with van der Waals surface area (Å²) >= 11 is 0. The average Bonchev–Trinajstić information content (AvgIpc) is 2.91. The van der Waals surface area contributed by atoms with Crippen molar-refractivity contribution in [1.29, 1.82) is 0 Å². The van der Waals surface area contributed by atoms with E-state index in [4.69, 9.17) is 14.2 Å². The van der Waals surface area contributed by atoms with Gasteiger partial charge in [0.25, 0.3) is 0 Å². The summed E-state index contributed by atoms with van der Waals surface area (Å²) in [5, 5.41) is 2.78. The van der Waals surface area contributed by atoms with E-state index >= 15 is 0 Å². The van der Waals surface area contributed by atoms with Crippen LogP contribution in [0.2, 0.25) is 0 Å². The van der Waals surface area contributed by atoms with Crippen LogP contribution in [0, 0.1) is 5.41 Å².